The first-order valence-electron chi connectivity index (χ1n) is 9.31. The van der Waals surface area contributed by atoms with E-state index in [1.165, 1.54) is 46.0 Å². The van der Waals surface area contributed by atoms with Crippen LogP contribution in [0.5, 0.6) is 0 Å². The summed E-state index contributed by atoms with van der Waals surface area (Å²) < 4.78 is 30.1. The number of nitrogens with one attached hydrogen (secondary N) is 1. The summed E-state index contributed by atoms with van der Waals surface area (Å²) >= 11 is 5.89. The zero-order chi connectivity index (χ0) is 22.0. The zero-order valence-electron chi connectivity index (χ0n) is 16.1. The number of halogens is 3. The van der Waals surface area contributed by atoms with Crippen LogP contribution in [-0.2, 0) is 13.1 Å². The first-order valence-corrected chi connectivity index (χ1v) is 9.69. The summed E-state index contributed by atoms with van der Waals surface area (Å²) in [5.41, 5.74) is 0.430. The minimum absolute atomic E-state index is 0.0163. The normalized spacial score (nSPS) is 11.1. The summed E-state index contributed by atoms with van der Waals surface area (Å²) in [6.45, 7) is 0.500. The number of carbonyl (C=O) groups is 1. The van der Waals surface area contributed by atoms with Crippen LogP contribution in [0, 0.1) is 11.6 Å². The maximum atomic E-state index is 13.8. The molecular weight excluding hydrogens is 428 g/mol. The van der Waals surface area contributed by atoms with Gasteiger partial charge in [-0.1, -0.05) is 29.8 Å². The van der Waals surface area contributed by atoms with Gasteiger partial charge in [-0.3, -0.25) is 14.2 Å². The first kappa shape index (κ1) is 20.7. The highest BCUT2D eigenvalue weighted by Gasteiger charge is 2.16. The molecular formula is C21H16ClF2N5O2. The zero-order valence-corrected chi connectivity index (χ0v) is 16.8. The summed E-state index contributed by atoms with van der Waals surface area (Å²) in [5.74, 6) is -1.74. The van der Waals surface area contributed by atoms with Crippen LogP contribution < -0.4 is 10.9 Å². The summed E-state index contributed by atoms with van der Waals surface area (Å²) in [4.78, 5) is 29.2. The number of fused-ring (bicyclic) bond motifs is 1. The van der Waals surface area contributed by atoms with Crippen molar-refractivity contribution in [2.24, 2.45) is 0 Å². The molecule has 10 heteroatoms. The third-order valence-corrected chi connectivity index (χ3v) is 4.98. The van der Waals surface area contributed by atoms with Crippen LogP contribution in [-0.4, -0.2) is 31.8 Å². The van der Waals surface area contributed by atoms with E-state index in [1.807, 2.05) is 0 Å². The van der Waals surface area contributed by atoms with Gasteiger partial charge in [-0.25, -0.2) is 18.4 Å². The van der Waals surface area contributed by atoms with Gasteiger partial charge in [0.1, 0.15) is 23.3 Å². The molecule has 7 nitrogen and oxygen atoms in total. The topological polar surface area (TPSA) is 81.8 Å². The van der Waals surface area contributed by atoms with Crippen molar-refractivity contribution in [3.63, 3.8) is 0 Å². The molecule has 1 amide bonds. The summed E-state index contributed by atoms with van der Waals surface area (Å²) in [6.07, 6.45) is 2.76. The number of nitrogens with zero attached hydrogens (tertiary/aromatic N) is 4. The number of carbonyl (C=O) groups excluding carboxylic acids is 1. The van der Waals surface area contributed by atoms with E-state index in [4.69, 9.17) is 11.6 Å². The van der Waals surface area contributed by atoms with Crippen molar-refractivity contribution in [1.82, 2.24) is 24.6 Å². The van der Waals surface area contributed by atoms with E-state index in [0.717, 1.165) is 6.07 Å². The van der Waals surface area contributed by atoms with E-state index >= 15 is 0 Å². The fraction of sp³-hybridized carbons (Fsp3) is 0.143. The SMILES string of the molecule is O=C(NCCn1ncc2c(=O)n(Cc3cccc(F)c3)cnc21)c1c(F)cccc1Cl. The van der Waals surface area contributed by atoms with Crippen LogP contribution in [0.3, 0.4) is 0 Å². The lowest BCUT2D eigenvalue weighted by atomic mass is 10.2. The van der Waals surface area contributed by atoms with Crippen LogP contribution in [0.25, 0.3) is 11.0 Å². The summed E-state index contributed by atoms with van der Waals surface area (Å²) in [6, 6.07) is 9.97. The van der Waals surface area contributed by atoms with Crippen LogP contribution in [0.4, 0.5) is 8.78 Å². The Morgan fingerprint density at radius 2 is 1.97 bits per heavy atom. The lowest BCUT2D eigenvalue weighted by Gasteiger charge is -2.09. The number of aromatic nitrogens is 4. The van der Waals surface area contributed by atoms with E-state index in [9.17, 15) is 18.4 Å². The maximum absolute atomic E-state index is 13.8. The molecule has 1 N–H and O–H groups in total. The molecule has 0 fully saturated rings. The number of benzene rings is 2. The van der Waals surface area contributed by atoms with Crippen LogP contribution >= 0.6 is 11.6 Å². The molecule has 0 aliphatic carbocycles. The Hall–Kier alpha value is -3.59. The van der Waals surface area contributed by atoms with Gasteiger partial charge in [0.05, 0.1) is 29.9 Å². The second kappa shape index (κ2) is 8.65. The average Bonchev–Trinajstić information content (AvgIpc) is 3.14. The highest BCUT2D eigenvalue weighted by Crippen LogP contribution is 2.18. The van der Waals surface area contributed by atoms with Crippen molar-refractivity contribution >= 4 is 28.5 Å². The molecule has 0 saturated carbocycles. The molecule has 158 valence electrons. The Kier molecular flexibility index (Phi) is 5.77. The third-order valence-electron chi connectivity index (χ3n) is 4.66. The predicted octanol–water partition coefficient (Wildman–Crippen LogP) is 3.00. The fourth-order valence-corrected chi connectivity index (χ4v) is 3.43. The number of hydrogen-bond donors (Lipinski definition) is 1. The highest BCUT2D eigenvalue weighted by atomic mass is 35.5. The second-order valence-corrected chi connectivity index (χ2v) is 7.17. The number of amides is 1. The van der Waals surface area contributed by atoms with E-state index in [0.29, 0.717) is 16.6 Å². The number of rotatable bonds is 6. The Morgan fingerprint density at radius 3 is 2.74 bits per heavy atom. The lowest BCUT2D eigenvalue weighted by molar-refractivity contribution is 0.0948. The fourth-order valence-electron chi connectivity index (χ4n) is 3.18. The van der Waals surface area contributed by atoms with Crippen molar-refractivity contribution in [3.05, 3.63) is 93.1 Å². The Labute approximate surface area is 179 Å². The molecule has 0 aliphatic rings. The van der Waals surface area contributed by atoms with Gasteiger partial charge in [0.2, 0.25) is 0 Å². The maximum Gasteiger partial charge on any atom is 0.264 e. The molecule has 31 heavy (non-hydrogen) atoms. The van der Waals surface area contributed by atoms with E-state index in [1.54, 1.807) is 12.1 Å². The molecule has 0 aliphatic heterocycles. The van der Waals surface area contributed by atoms with E-state index < -0.39 is 11.7 Å². The van der Waals surface area contributed by atoms with Gasteiger partial charge in [-0.05, 0) is 29.8 Å². The highest BCUT2D eigenvalue weighted by molar-refractivity contribution is 6.33. The monoisotopic (exact) mass is 443 g/mol. The third kappa shape index (κ3) is 4.31. The van der Waals surface area contributed by atoms with Gasteiger partial charge in [-0.2, -0.15) is 5.10 Å². The Bertz CT molecular complexity index is 1310. The van der Waals surface area contributed by atoms with Gasteiger partial charge in [0, 0.05) is 6.54 Å². The standard InChI is InChI=1S/C21H16ClF2N5O2/c22-16-5-2-6-17(24)18(16)20(30)25-7-8-29-19-15(10-27-29)21(31)28(12-26-19)11-13-3-1-4-14(23)9-13/h1-6,9-10,12H,7-8,11H2,(H,25,30). The molecule has 4 aromatic rings. The van der Waals surface area contributed by atoms with Crippen molar-refractivity contribution in [2.75, 3.05) is 6.54 Å². The van der Waals surface area contributed by atoms with Crippen LogP contribution in [0.15, 0.2) is 59.8 Å². The Morgan fingerprint density at radius 1 is 1.16 bits per heavy atom. The van der Waals surface area contributed by atoms with Crippen molar-refractivity contribution < 1.29 is 13.6 Å². The van der Waals surface area contributed by atoms with Gasteiger partial charge >= 0.3 is 0 Å². The Balaban J connectivity index is 1.48. The van der Waals surface area contributed by atoms with E-state index in [2.05, 4.69) is 15.4 Å². The molecule has 0 saturated heterocycles. The van der Waals surface area contributed by atoms with Crippen LogP contribution in [0.2, 0.25) is 5.02 Å². The quantitative estimate of drug-likeness (QED) is 0.496. The molecule has 2 aromatic heterocycles. The first-order chi connectivity index (χ1) is 14.9. The molecule has 0 spiro atoms. The molecule has 2 heterocycles. The van der Waals surface area contributed by atoms with Gasteiger partial charge in [-0.15, -0.1) is 0 Å². The molecule has 0 bridgehead atoms. The van der Waals surface area contributed by atoms with Crippen molar-refractivity contribution in [1.29, 1.82) is 0 Å². The second-order valence-electron chi connectivity index (χ2n) is 6.77. The van der Waals surface area contributed by atoms with Crippen LogP contribution in [0.1, 0.15) is 15.9 Å². The van der Waals surface area contributed by atoms with Gasteiger partial charge in [0.15, 0.2) is 5.65 Å². The number of hydrogen-bond acceptors (Lipinski definition) is 4. The molecule has 0 radical (unpaired) electrons. The van der Waals surface area contributed by atoms with Gasteiger partial charge < -0.3 is 5.32 Å². The summed E-state index contributed by atoms with van der Waals surface area (Å²) in [5, 5.41) is 7.04. The van der Waals surface area contributed by atoms with Crippen molar-refractivity contribution in [3.8, 4) is 0 Å². The molecule has 4 rings (SSSR count). The predicted molar refractivity (Wildman–Crippen MR) is 111 cm³/mol. The molecule has 0 atom stereocenters. The van der Waals surface area contributed by atoms with E-state index in [-0.39, 0.29) is 41.6 Å². The minimum atomic E-state index is -0.713. The smallest absolute Gasteiger partial charge is 0.264 e. The lowest BCUT2D eigenvalue weighted by Crippen LogP contribution is -2.28. The average molecular weight is 444 g/mol. The molecule has 2 aromatic carbocycles. The largest absolute Gasteiger partial charge is 0.350 e. The van der Waals surface area contributed by atoms with Gasteiger partial charge in [0.25, 0.3) is 11.5 Å². The van der Waals surface area contributed by atoms with Crippen molar-refractivity contribution in [2.45, 2.75) is 13.1 Å². The summed E-state index contributed by atoms with van der Waals surface area (Å²) in [7, 11) is 0. The minimum Gasteiger partial charge on any atom is -0.350 e. The molecule has 0 unspecified atom stereocenters.